The van der Waals surface area contributed by atoms with E-state index in [1.165, 1.54) is 4.90 Å². The molecule has 2 rings (SSSR count). The minimum Gasteiger partial charge on any atom is -0.429 e. The van der Waals surface area contributed by atoms with Gasteiger partial charge in [0.15, 0.2) is 11.6 Å². The summed E-state index contributed by atoms with van der Waals surface area (Å²) in [6, 6.07) is 1.07. The zero-order valence-electron chi connectivity index (χ0n) is 12.1. The molecule has 1 amide bonds. The highest BCUT2D eigenvalue weighted by Gasteiger charge is 2.45. The molecule has 0 bridgehead atoms. The van der Waals surface area contributed by atoms with Gasteiger partial charge < -0.3 is 15.4 Å². The normalized spacial score (nSPS) is 20.5. The van der Waals surface area contributed by atoms with Gasteiger partial charge in [0.05, 0.1) is 5.69 Å². The molecule has 1 aliphatic heterocycles. The summed E-state index contributed by atoms with van der Waals surface area (Å²) in [7, 11) is 0. The molecule has 1 saturated heterocycles. The monoisotopic (exact) mass is 320 g/mol. The van der Waals surface area contributed by atoms with E-state index in [4.69, 9.17) is 5.73 Å². The Morgan fingerprint density at radius 1 is 1.41 bits per heavy atom. The summed E-state index contributed by atoms with van der Waals surface area (Å²) in [4.78, 5) is 13.1. The zero-order valence-corrected chi connectivity index (χ0v) is 12.1. The number of benzene rings is 1. The second-order valence-corrected chi connectivity index (χ2v) is 5.83. The zero-order chi connectivity index (χ0) is 16.7. The Labute approximate surface area is 124 Å². The molecule has 4 nitrogen and oxygen atoms in total. The second-order valence-electron chi connectivity index (χ2n) is 5.83. The van der Waals surface area contributed by atoms with Crippen LogP contribution in [0.5, 0.6) is 5.75 Å². The number of hydrogen-bond acceptors (Lipinski definition) is 3. The van der Waals surface area contributed by atoms with Crippen LogP contribution < -0.4 is 15.4 Å². The maximum Gasteiger partial charge on any atom is 0.387 e. The Bertz CT molecular complexity index is 592. The fraction of sp³-hybridized carbons (Fsp3) is 0.500. The van der Waals surface area contributed by atoms with Crippen molar-refractivity contribution in [3.63, 3.8) is 0 Å². The highest BCUT2D eigenvalue weighted by atomic mass is 19.3. The van der Waals surface area contributed by atoms with E-state index in [-0.39, 0.29) is 12.2 Å². The lowest BCUT2D eigenvalue weighted by Gasteiger charge is -2.32. The molecule has 0 saturated carbocycles. The van der Waals surface area contributed by atoms with Crippen LogP contribution in [0.2, 0.25) is 0 Å². The van der Waals surface area contributed by atoms with Crippen molar-refractivity contribution in [2.75, 3.05) is 11.4 Å². The molecule has 122 valence electrons. The Hall–Kier alpha value is -1.99. The molecular weight excluding hydrogens is 304 g/mol. The third-order valence-electron chi connectivity index (χ3n) is 3.86. The van der Waals surface area contributed by atoms with E-state index in [1.807, 2.05) is 0 Å². The lowest BCUT2D eigenvalue weighted by atomic mass is 9.84. The number of anilines is 1. The predicted octanol–water partition coefficient (Wildman–Crippen LogP) is 2.66. The largest absolute Gasteiger partial charge is 0.429 e. The highest BCUT2D eigenvalue weighted by molar-refractivity contribution is 5.86. The fourth-order valence-electron chi connectivity index (χ4n) is 2.84. The molecule has 22 heavy (non-hydrogen) atoms. The number of alkyl halides is 2. The average molecular weight is 320 g/mol. The summed E-state index contributed by atoms with van der Waals surface area (Å²) in [6.07, 6.45) is 0.535. The molecule has 0 aliphatic carbocycles. The summed E-state index contributed by atoms with van der Waals surface area (Å²) in [5.74, 6) is -4.42. The summed E-state index contributed by atoms with van der Waals surface area (Å²) in [6.45, 7) is 0.537. The van der Waals surface area contributed by atoms with E-state index in [0.717, 1.165) is 12.1 Å². The summed E-state index contributed by atoms with van der Waals surface area (Å²) < 4.78 is 56.2. The highest BCUT2D eigenvalue weighted by Crippen LogP contribution is 2.43. The van der Waals surface area contributed by atoms with Crippen LogP contribution >= 0.6 is 0 Å². The van der Waals surface area contributed by atoms with Gasteiger partial charge >= 0.3 is 6.61 Å². The number of amides is 1. The number of primary amides is 1. The lowest BCUT2D eigenvalue weighted by Crippen LogP contribution is -2.47. The minimum absolute atomic E-state index is 0.117. The first-order chi connectivity index (χ1) is 10.1. The van der Waals surface area contributed by atoms with Gasteiger partial charge in [-0.25, -0.2) is 4.39 Å². The molecule has 0 radical (unpaired) electrons. The number of carbonyl (C=O) groups is 1. The van der Waals surface area contributed by atoms with E-state index in [1.54, 1.807) is 13.8 Å². The summed E-state index contributed by atoms with van der Waals surface area (Å²) >= 11 is 0. The van der Waals surface area contributed by atoms with Crippen LogP contribution in [0.25, 0.3) is 0 Å². The third kappa shape index (κ3) is 2.82. The van der Waals surface area contributed by atoms with Crippen molar-refractivity contribution in [3.05, 3.63) is 23.8 Å². The van der Waals surface area contributed by atoms with Crippen LogP contribution in [0.15, 0.2) is 12.1 Å². The number of ether oxygens (including phenoxy) is 1. The van der Waals surface area contributed by atoms with Gasteiger partial charge in [0.1, 0.15) is 6.04 Å². The quantitative estimate of drug-likeness (QED) is 0.868. The van der Waals surface area contributed by atoms with Crippen LogP contribution in [0, 0.1) is 17.0 Å². The Morgan fingerprint density at radius 3 is 2.59 bits per heavy atom. The number of rotatable bonds is 4. The average Bonchev–Trinajstić information content (AvgIpc) is 2.70. The number of nitrogens with two attached hydrogens (primary N) is 1. The Morgan fingerprint density at radius 2 is 2.05 bits per heavy atom. The molecule has 1 fully saturated rings. The van der Waals surface area contributed by atoms with Crippen LogP contribution in [0.4, 0.5) is 23.2 Å². The SMILES string of the molecule is CC1(C)CCN(c2ccc(F)c(F)c2OC(F)F)C1C(N)=O. The number of nitrogens with zero attached hydrogens (tertiary/aromatic N) is 1. The van der Waals surface area contributed by atoms with Crippen LogP contribution in [0.1, 0.15) is 20.3 Å². The van der Waals surface area contributed by atoms with Gasteiger partial charge in [-0.05, 0) is 24.0 Å². The molecule has 1 unspecified atom stereocenters. The maximum absolute atomic E-state index is 13.8. The first-order valence-corrected chi connectivity index (χ1v) is 6.64. The van der Waals surface area contributed by atoms with E-state index >= 15 is 0 Å². The van der Waals surface area contributed by atoms with Crippen LogP contribution in [0.3, 0.4) is 0 Å². The Kier molecular flexibility index (Phi) is 4.21. The molecule has 1 heterocycles. The van der Waals surface area contributed by atoms with E-state index in [2.05, 4.69) is 4.74 Å². The maximum atomic E-state index is 13.8. The Balaban J connectivity index is 2.52. The van der Waals surface area contributed by atoms with Crippen LogP contribution in [-0.2, 0) is 4.79 Å². The third-order valence-corrected chi connectivity index (χ3v) is 3.86. The number of halogens is 4. The van der Waals surface area contributed by atoms with Gasteiger partial charge in [-0.1, -0.05) is 13.8 Å². The standard InChI is InChI=1S/C14H16F4N2O2/c1-14(2)5-6-20(11(14)12(19)21)8-4-3-7(15)9(16)10(8)22-13(17)18/h3-4,11,13H,5-6H2,1-2H3,(H2,19,21). The number of carbonyl (C=O) groups excluding carboxylic acids is 1. The van der Waals surface area contributed by atoms with Gasteiger partial charge in [0.2, 0.25) is 11.7 Å². The van der Waals surface area contributed by atoms with Crippen molar-refractivity contribution < 1.29 is 27.1 Å². The van der Waals surface area contributed by atoms with Crippen molar-refractivity contribution in [2.24, 2.45) is 11.1 Å². The van der Waals surface area contributed by atoms with Gasteiger partial charge in [-0.2, -0.15) is 13.2 Å². The van der Waals surface area contributed by atoms with E-state index < -0.39 is 41.4 Å². The van der Waals surface area contributed by atoms with Crippen molar-refractivity contribution in [2.45, 2.75) is 32.9 Å². The fourth-order valence-corrected chi connectivity index (χ4v) is 2.84. The van der Waals surface area contributed by atoms with Crippen molar-refractivity contribution in [3.8, 4) is 5.75 Å². The molecular formula is C14H16F4N2O2. The minimum atomic E-state index is -3.32. The smallest absolute Gasteiger partial charge is 0.387 e. The van der Waals surface area contributed by atoms with Crippen molar-refractivity contribution in [1.82, 2.24) is 0 Å². The number of hydrogen-bond donors (Lipinski definition) is 1. The van der Waals surface area contributed by atoms with Gasteiger partial charge in [0, 0.05) is 6.54 Å². The van der Waals surface area contributed by atoms with Gasteiger partial charge in [0.25, 0.3) is 0 Å². The molecule has 0 aromatic heterocycles. The molecule has 0 spiro atoms. The van der Waals surface area contributed by atoms with Crippen LogP contribution in [-0.4, -0.2) is 25.1 Å². The molecule has 2 N–H and O–H groups in total. The first-order valence-electron chi connectivity index (χ1n) is 6.64. The molecule has 1 aromatic rings. The lowest BCUT2D eigenvalue weighted by molar-refractivity contribution is -0.120. The van der Waals surface area contributed by atoms with Crippen molar-refractivity contribution >= 4 is 11.6 Å². The molecule has 1 atom stereocenters. The van der Waals surface area contributed by atoms with Gasteiger partial charge in [-0.3, -0.25) is 4.79 Å². The molecule has 8 heteroatoms. The van der Waals surface area contributed by atoms with E-state index in [0.29, 0.717) is 6.42 Å². The second kappa shape index (κ2) is 5.66. The topological polar surface area (TPSA) is 55.6 Å². The molecule has 1 aliphatic rings. The molecule has 1 aromatic carbocycles. The van der Waals surface area contributed by atoms with E-state index in [9.17, 15) is 22.4 Å². The van der Waals surface area contributed by atoms with Crippen molar-refractivity contribution in [1.29, 1.82) is 0 Å². The summed E-state index contributed by atoms with van der Waals surface area (Å²) in [5.41, 5.74) is 4.74. The summed E-state index contributed by atoms with van der Waals surface area (Å²) in [5, 5.41) is 0. The first kappa shape index (κ1) is 16.4. The van der Waals surface area contributed by atoms with Gasteiger partial charge in [-0.15, -0.1) is 0 Å². The predicted molar refractivity (Wildman–Crippen MR) is 71.7 cm³/mol.